The van der Waals surface area contributed by atoms with E-state index in [1.807, 2.05) is 0 Å². The Labute approximate surface area is 141 Å². The quantitative estimate of drug-likeness (QED) is 0.840. The van der Waals surface area contributed by atoms with Crippen molar-refractivity contribution in [1.29, 1.82) is 0 Å². The van der Waals surface area contributed by atoms with Gasteiger partial charge in [-0.3, -0.25) is 9.69 Å². The van der Waals surface area contributed by atoms with Gasteiger partial charge in [-0.2, -0.15) is 0 Å². The Hall–Kier alpha value is -1.70. The molecule has 2 saturated heterocycles. The third kappa shape index (κ3) is 4.03. The minimum atomic E-state index is -0.525. The molecule has 1 amide bonds. The highest BCUT2D eigenvalue weighted by Gasteiger charge is 2.38. The monoisotopic (exact) mass is 337 g/mol. The van der Waals surface area contributed by atoms with E-state index < -0.39 is 6.10 Å². The van der Waals surface area contributed by atoms with Crippen molar-refractivity contribution in [2.75, 3.05) is 52.9 Å². The fourth-order valence-corrected chi connectivity index (χ4v) is 3.25. The number of likely N-dealkylation sites (tertiary alicyclic amines) is 1. The number of benzene rings is 1. The van der Waals surface area contributed by atoms with E-state index in [9.17, 15) is 14.3 Å². The molecule has 0 bridgehead atoms. The molecule has 3 rings (SSSR count). The lowest BCUT2D eigenvalue weighted by Gasteiger charge is -2.37. The Bertz CT molecular complexity index is 561. The van der Waals surface area contributed by atoms with Gasteiger partial charge < -0.3 is 19.6 Å². The zero-order chi connectivity index (χ0) is 17.1. The molecule has 0 unspecified atom stereocenters. The molecule has 2 atom stereocenters. The Balaban J connectivity index is 1.50. The number of nitrogens with zero attached hydrogens (tertiary/aromatic N) is 3. The molecule has 1 N–H and O–H groups in total. The maximum atomic E-state index is 12.9. The predicted octanol–water partition coefficient (Wildman–Crippen LogP) is 0.0236. The average Bonchev–Trinajstić information content (AvgIpc) is 2.97. The van der Waals surface area contributed by atoms with Crippen LogP contribution in [0.4, 0.5) is 4.39 Å². The molecular formula is C17H24FN3O3. The van der Waals surface area contributed by atoms with Crippen LogP contribution in [0.25, 0.3) is 0 Å². The summed E-state index contributed by atoms with van der Waals surface area (Å²) in [4.78, 5) is 18.5. The summed E-state index contributed by atoms with van der Waals surface area (Å²) in [6, 6.07) is 5.57. The molecule has 132 valence electrons. The normalized spacial score (nSPS) is 25.9. The summed E-state index contributed by atoms with van der Waals surface area (Å²) in [6.07, 6.45) is -0.525. The fourth-order valence-electron chi connectivity index (χ4n) is 3.25. The van der Waals surface area contributed by atoms with E-state index in [-0.39, 0.29) is 24.4 Å². The van der Waals surface area contributed by atoms with E-state index in [0.717, 1.165) is 26.2 Å². The number of carbonyl (C=O) groups excluding carboxylic acids is 1. The number of amides is 1. The SMILES string of the molecule is CN1CCN([C@@H]2CN(C(=O)COc3ccc(F)cc3)C[C@H]2O)CC1. The second-order valence-electron chi connectivity index (χ2n) is 6.52. The smallest absolute Gasteiger partial charge is 0.260 e. The summed E-state index contributed by atoms with van der Waals surface area (Å²) in [5, 5.41) is 10.3. The van der Waals surface area contributed by atoms with E-state index in [1.54, 1.807) is 4.90 Å². The second-order valence-corrected chi connectivity index (χ2v) is 6.52. The van der Waals surface area contributed by atoms with Crippen LogP contribution in [0.2, 0.25) is 0 Å². The van der Waals surface area contributed by atoms with E-state index >= 15 is 0 Å². The van der Waals surface area contributed by atoms with Crippen molar-refractivity contribution in [3.63, 3.8) is 0 Å². The van der Waals surface area contributed by atoms with Crippen molar-refractivity contribution < 1.29 is 19.0 Å². The molecule has 1 aromatic rings. The zero-order valence-electron chi connectivity index (χ0n) is 13.9. The standard InChI is InChI=1S/C17H24FN3O3/c1-19-6-8-20(9-7-19)15-10-21(11-16(15)22)17(23)12-24-14-4-2-13(18)3-5-14/h2-5,15-16,22H,6-12H2,1H3/t15-,16-/m1/s1. The number of β-amino-alcohol motifs (C(OH)–C–C–N with tert-alkyl or cyclic N) is 1. The molecular weight excluding hydrogens is 313 g/mol. The molecule has 0 saturated carbocycles. The molecule has 2 fully saturated rings. The van der Waals surface area contributed by atoms with E-state index in [0.29, 0.717) is 18.8 Å². The highest BCUT2D eigenvalue weighted by molar-refractivity contribution is 5.78. The van der Waals surface area contributed by atoms with Crippen LogP contribution in [0.3, 0.4) is 0 Å². The number of aliphatic hydroxyl groups excluding tert-OH is 1. The van der Waals surface area contributed by atoms with Gasteiger partial charge in [0.25, 0.3) is 5.91 Å². The molecule has 24 heavy (non-hydrogen) atoms. The van der Waals surface area contributed by atoms with Gasteiger partial charge in [-0.25, -0.2) is 4.39 Å². The molecule has 2 aliphatic heterocycles. The summed E-state index contributed by atoms with van der Waals surface area (Å²) in [5.41, 5.74) is 0. The largest absolute Gasteiger partial charge is 0.484 e. The number of hydrogen-bond donors (Lipinski definition) is 1. The van der Waals surface area contributed by atoms with Crippen LogP contribution < -0.4 is 4.74 Å². The Morgan fingerprint density at radius 2 is 1.88 bits per heavy atom. The van der Waals surface area contributed by atoms with Crippen LogP contribution in [0, 0.1) is 5.82 Å². The molecule has 0 aliphatic carbocycles. The van der Waals surface area contributed by atoms with Gasteiger partial charge in [-0.15, -0.1) is 0 Å². The highest BCUT2D eigenvalue weighted by atomic mass is 19.1. The maximum absolute atomic E-state index is 12.9. The molecule has 1 aromatic carbocycles. The van der Waals surface area contributed by atoms with Gasteiger partial charge in [-0.05, 0) is 31.3 Å². The summed E-state index contributed by atoms with van der Waals surface area (Å²) in [6.45, 7) is 4.53. The third-order valence-electron chi connectivity index (χ3n) is 4.79. The number of piperazine rings is 1. The topological polar surface area (TPSA) is 56.2 Å². The second kappa shape index (κ2) is 7.46. The number of aliphatic hydroxyl groups is 1. The van der Waals surface area contributed by atoms with Crippen molar-refractivity contribution in [2.45, 2.75) is 12.1 Å². The van der Waals surface area contributed by atoms with Gasteiger partial charge >= 0.3 is 0 Å². The first kappa shape index (κ1) is 17.1. The summed E-state index contributed by atoms with van der Waals surface area (Å²) in [5.74, 6) is -0.0403. The fraction of sp³-hybridized carbons (Fsp3) is 0.588. The molecule has 2 aliphatic rings. The van der Waals surface area contributed by atoms with Gasteiger partial charge in [0.05, 0.1) is 12.1 Å². The summed E-state index contributed by atoms with van der Waals surface area (Å²) in [7, 11) is 2.09. The molecule has 7 heteroatoms. The zero-order valence-corrected chi connectivity index (χ0v) is 13.9. The molecule has 2 heterocycles. The maximum Gasteiger partial charge on any atom is 0.260 e. The van der Waals surface area contributed by atoms with E-state index in [4.69, 9.17) is 4.74 Å². The number of hydrogen-bond acceptors (Lipinski definition) is 5. The lowest BCUT2D eigenvalue weighted by atomic mass is 10.1. The predicted molar refractivity (Wildman–Crippen MR) is 87.3 cm³/mol. The minimum Gasteiger partial charge on any atom is -0.484 e. The average molecular weight is 337 g/mol. The Kier molecular flexibility index (Phi) is 5.33. The van der Waals surface area contributed by atoms with Gasteiger partial charge in [0.2, 0.25) is 0 Å². The van der Waals surface area contributed by atoms with Crippen LogP contribution in [-0.4, -0.2) is 90.8 Å². The number of rotatable bonds is 4. The number of halogens is 1. The highest BCUT2D eigenvalue weighted by Crippen LogP contribution is 2.19. The number of ether oxygens (including phenoxy) is 1. The number of carbonyl (C=O) groups is 1. The Morgan fingerprint density at radius 1 is 1.21 bits per heavy atom. The van der Waals surface area contributed by atoms with Crippen LogP contribution in [0.1, 0.15) is 0 Å². The van der Waals surface area contributed by atoms with Crippen LogP contribution in [-0.2, 0) is 4.79 Å². The van der Waals surface area contributed by atoms with Gasteiger partial charge in [0.15, 0.2) is 6.61 Å². The van der Waals surface area contributed by atoms with Gasteiger partial charge in [0.1, 0.15) is 11.6 Å². The van der Waals surface area contributed by atoms with Crippen molar-refractivity contribution in [3.8, 4) is 5.75 Å². The van der Waals surface area contributed by atoms with Crippen molar-refractivity contribution in [1.82, 2.24) is 14.7 Å². The van der Waals surface area contributed by atoms with E-state index in [1.165, 1.54) is 24.3 Å². The molecule has 0 spiro atoms. The van der Waals surface area contributed by atoms with Crippen molar-refractivity contribution in [2.24, 2.45) is 0 Å². The minimum absolute atomic E-state index is 0.00605. The van der Waals surface area contributed by atoms with Crippen LogP contribution in [0.15, 0.2) is 24.3 Å². The van der Waals surface area contributed by atoms with Crippen molar-refractivity contribution in [3.05, 3.63) is 30.1 Å². The van der Waals surface area contributed by atoms with Crippen LogP contribution >= 0.6 is 0 Å². The van der Waals surface area contributed by atoms with Crippen molar-refractivity contribution >= 4 is 5.91 Å². The van der Waals surface area contributed by atoms with Gasteiger partial charge in [-0.1, -0.05) is 0 Å². The molecule has 0 aromatic heterocycles. The first-order valence-electron chi connectivity index (χ1n) is 8.30. The summed E-state index contributed by atoms with van der Waals surface area (Å²) < 4.78 is 18.3. The molecule has 6 nitrogen and oxygen atoms in total. The first-order valence-corrected chi connectivity index (χ1v) is 8.30. The first-order chi connectivity index (χ1) is 11.5. The van der Waals surface area contributed by atoms with Gasteiger partial charge in [0, 0.05) is 39.3 Å². The Morgan fingerprint density at radius 3 is 2.54 bits per heavy atom. The summed E-state index contributed by atoms with van der Waals surface area (Å²) >= 11 is 0. The third-order valence-corrected chi connectivity index (χ3v) is 4.79. The van der Waals surface area contributed by atoms with Crippen LogP contribution in [0.5, 0.6) is 5.75 Å². The lowest BCUT2D eigenvalue weighted by molar-refractivity contribution is -0.132. The number of likely N-dealkylation sites (N-methyl/N-ethyl adjacent to an activating group) is 1. The van der Waals surface area contributed by atoms with E-state index in [2.05, 4.69) is 16.8 Å². The molecule has 0 radical (unpaired) electrons. The lowest BCUT2D eigenvalue weighted by Crippen LogP contribution is -2.52.